The van der Waals surface area contributed by atoms with Crippen LogP contribution in [-0.2, 0) is 11.0 Å². The van der Waals surface area contributed by atoms with Gasteiger partial charge in [-0.3, -0.25) is 19.8 Å². The molecule has 0 radical (unpaired) electrons. The highest BCUT2D eigenvalue weighted by atomic mass is 35.5. The minimum Gasteiger partial charge on any atom is -0.371 e. The summed E-state index contributed by atoms with van der Waals surface area (Å²) in [5.41, 5.74) is -0.817. The van der Waals surface area contributed by atoms with Crippen molar-refractivity contribution in [3.05, 3.63) is 63.2 Å². The topological polar surface area (TPSA) is 82.0 Å². The van der Waals surface area contributed by atoms with Gasteiger partial charge in [0.2, 0.25) is 5.91 Å². The van der Waals surface area contributed by atoms with Crippen LogP contribution in [0.5, 0.6) is 0 Å². The Morgan fingerprint density at radius 2 is 1.63 bits per heavy atom. The second-order valence-electron chi connectivity index (χ2n) is 9.34. The maximum Gasteiger partial charge on any atom is 0.423 e. The van der Waals surface area contributed by atoms with Gasteiger partial charge in [0.25, 0.3) is 5.69 Å². The number of nitrogens with zero attached hydrogens (tertiary/aromatic N) is 4. The second kappa shape index (κ2) is 12.7. The third-order valence-electron chi connectivity index (χ3n) is 6.91. The number of piperazine rings is 1. The van der Waals surface area contributed by atoms with Gasteiger partial charge in [0.1, 0.15) is 5.56 Å². The quantitative estimate of drug-likeness (QED) is 0.373. The van der Waals surface area contributed by atoms with Crippen LogP contribution in [-0.4, -0.2) is 67.6 Å². The molecule has 0 unspecified atom stereocenters. The maximum atomic E-state index is 13.3. The minimum atomic E-state index is -4.81. The highest BCUT2D eigenvalue weighted by Crippen LogP contribution is 2.38. The summed E-state index contributed by atoms with van der Waals surface area (Å²) < 4.78 is 39.9. The monoisotopic (exact) mass is 555 g/mol. The van der Waals surface area contributed by atoms with Crippen LogP contribution in [0.4, 0.5) is 30.2 Å². The van der Waals surface area contributed by atoms with E-state index in [9.17, 15) is 28.1 Å². The summed E-state index contributed by atoms with van der Waals surface area (Å²) in [6, 6.07) is 10.8. The smallest absolute Gasteiger partial charge is 0.371 e. The molecule has 38 heavy (non-hydrogen) atoms. The SMILES string of the molecule is C.O=C(CCN1CCN(c2cccc(Cl)c2)CC1)NC1CCN(c2ccc([N+](=O)[O-])c(C(F)(F)F)c2)CC1. The van der Waals surface area contributed by atoms with Gasteiger partial charge in [-0.25, -0.2) is 0 Å². The van der Waals surface area contributed by atoms with Gasteiger partial charge in [0, 0.05) is 80.7 Å². The first-order valence-corrected chi connectivity index (χ1v) is 12.6. The van der Waals surface area contributed by atoms with E-state index in [1.165, 1.54) is 6.07 Å². The van der Waals surface area contributed by atoms with Gasteiger partial charge in [0.15, 0.2) is 0 Å². The molecule has 0 bridgehead atoms. The van der Waals surface area contributed by atoms with E-state index >= 15 is 0 Å². The van der Waals surface area contributed by atoms with Gasteiger partial charge in [-0.2, -0.15) is 13.2 Å². The number of benzene rings is 2. The van der Waals surface area contributed by atoms with Gasteiger partial charge in [-0.1, -0.05) is 25.1 Å². The van der Waals surface area contributed by atoms with E-state index in [2.05, 4.69) is 15.1 Å². The molecule has 0 aliphatic carbocycles. The molecular weight excluding hydrogens is 523 g/mol. The molecule has 208 valence electrons. The van der Waals surface area contributed by atoms with E-state index in [1.54, 1.807) is 4.90 Å². The lowest BCUT2D eigenvalue weighted by atomic mass is 10.0. The first-order valence-electron chi connectivity index (χ1n) is 12.2. The molecule has 2 aliphatic heterocycles. The van der Waals surface area contributed by atoms with E-state index in [0.29, 0.717) is 49.6 Å². The Kier molecular flexibility index (Phi) is 9.83. The Morgan fingerprint density at radius 1 is 1.00 bits per heavy atom. The Morgan fingerprint density at radius 3 is 2.24 bits per heavy atom. The first kappa shape index (κ1) is 29.5. The molecule has 4 rings (SSSR count). The van der Waals surface area contributed by atoms with Gasteiger partial charge in [-0.15, -0.1) is 0 Å². The van der Waals surface area contributed by atoms with Crippen molar-refractivity contribution >= 4 is 34.6 Å². The van der Waals surface area contributed by atoms with Crippen LogP contribution in [0.2, 0.25) is 5.02 Å². The minimum absolute atomic E-state index is 0. The third-order valence-corrected chi connectivity index (χ3v) is 7.14. The molecule has 8 nitrogen and oxygen atoms in total. The van der Waals surface area contributed by atoms with Crippen LogP contribution in [0.3, 0.4) is 0 Å². The molecule has 0 saturated carbocycles. The van der Waals surface area contributed by atoms with Crippen molar-refractivity contribution in [1.82, 2.24) is 10.2 Å². The number of rotatable bonds is 7. The van der Waals surface area contributed by atoms with Crippen molar-refractivity contribution in [3.63, 3.8) is 0 Å². The lowest BCUT2D eigenvalue weighted by Crippen LogP contribution is -2.48. The lowest BCUT2D eigenvalue weighted by molar-refractivity contribution is -0.388. The maximum absolute atomic E-state index is 13.3. The number of carbonyl (C=O) groups is 1. The van der Waals surface area contributed by atoms with E-state index in [0.717, 1.165) is 44.0 Å². The number of carbonyl (C=O) groups excluding carboxylic acids is 1. The predicted molar refractivity (Wildman–Crippen MR) is 143 cm³/mol. The number of alkyl halides is 3. The number of nitrogens with one attached hydrogen (secondary N) is 1. The Balaban J connectivity index is 0.00000400. The number of nitro benzene ring substituents is 1. The van der Waals surface area contributed by atoms with Crippen molar-refractivity contribution in [2.45, 2.75) is 38.9 Å². The number of halogens is 4. The van der Waals surface area contributed by atoms with Crippen molar-refractivity contribution in [2.75, 3.05) is 55.6 Å². The average Bonchev–Trinajstić information content (AvgIpc) is 2.87. The molecule has 0 aromatic heterocycles. The summed E-state index contributed by atoms with van der Waals surface area (Å²) in [7, 11) is 0. The largest absolute Gasteiger partial charge is 0.423 e. The number of anilines is 2. The number of piperidine rings is 1. The first-order chi connectivity index (χ1) is 17.6. The molecule has 2 aromatic carbocycles. The summed E-state index contributed by atoms with van der Waals surface area (Å²) in [6.07, 6.45) is -3.26. The number of nitro groups is 1. The van der Waals surface area contributed by atoms with Gasteiger partial charge in [-0.05, 0) is 43.2 Å². The molecule has 1 amide bonds. The van der Waals surface area contributed by atoms with E-state index in [4.69, 9.17) is 11.6 Å². The highest BCUT2D eigenvalue weighted by Gasteiger charge is 2.39. The van der Waals surface area contributed by atoms with E-state index < -0.39 is 22.4 Å². The fourth-order valence-electron chi connectivity index (χ4n) is 4.85. The third kappa shape index (κ3) is 7.50. The summed E-state index contributed by atoms with van der Waals surface area (Å²) in [5.74, 6) is -0.0367. The van der Waals surface area contributed by atoms with E-state index in [1.807, 2.05) is 24.3 Å². The molecule has 2 aliphatic rings. The van der Waals surface area contributed by atoms with Gasteiger partial charge < -0.3 is 15.1 Å². The molecule has 2 aromatic rings. The predicted octanol–water partition coefficient (Wildman–Crippen LogP) is 5.20. The molecule has 2 saturated heterocycles. The van der Waals surface area contributed by atoms with Crippen LogP contribution in [0, 0.1) is 10.1 Å². The zero-order chi connectivity index (χ0) is 26.6. The standard InChI is InChI=1S/C25H29ClF3N5O3.CH4/c26-18-2-1-3-20(16-18)33-14-12-31(13-15-33)9-8-24(35)30-19-6-10-32(11-7-19)21-4-5-23(34(36)37)22(17-21)25(27,28)29;/h1-5,16-17,19H,6-15H2,(H,30,35);1H4. The lowest BCUT2D eigenvalue weighted by Gasteiger charge is -2.36. The number of hydrogen-bond acceptors (Lipinski definition) is 6. The molecule has 0 atom stereocenters. The normalized spacial score (nSPS) is 17.2. The van der Waals surface area contributed by atoms with Crippen LogP contribution in [0.25, 0.3) is 0 Å². The number of amides is 1. The summed E-state index contributed by atoms with van der Waals surface area (Å²) in [4.78, 5) is 28.8. The second-order valence-corrected chi connectivity index (χ2v) is 9.78. The van der Waals surface area contributed by atoms with Crippen molar-refractivity contribution < 1.29 is 22.9 Å². The van der Waals surface area contributed by atoms with Crippen LogP contribution < -0.4 is 15.1 Å². The molecule has 2 heterocycles. The van der Waals surface area contributed by atoms with Crippen molar-refractivity contribution in [3.8, 4) is 0 Å². The van der Waals surface area contributed by atoms with Crippen LogP contribution >= 0.6 is 11.6 Å². The Labute approximate surface area is 225 Å². The summed E-state index contributed by atoms with van der Waals surface area (Å²) in [6.45, 7) is 4.99. The average molecular weight is 556 g/mol. The zero-order valence-corrected chi connectivity index (χ0v) is 21.0. The van der Waals surface area contributed by atoms with Crippen molar-refractivity contribution in [1.29, 1.82) is 0 Å². The van der Waals surface area contributed by atoms with Crippen molar-refractivity contribution in [2.24, 2.45) is 0 Å². The fraction of sp³-hybridized carbons (Fsp3) is 0.500. The van der Waals surface area contributed by atoms with Crippen LogP contribution in [0.15, 0.2) is 42.5 Å². The zero-order valence-electron chi connectivity index (χ0n) is 20.2. The van der Waals surface area contributed by atoms with Gasteiger partial charge in [0.05, 0.1) is 4.92 Å². The Hall–Kier alpha value is -3.05. The molecule has 12 heteroatoms. The highest BCUT2D eigenvalue weighted by molar-refractivity contribution is 6.30. The van der Waals surface area contributed by atoms with Gasteiger partial charge >= 0.3 is 6.18 Å². The Bertz CT molecular complexity index is 1120. The number of hydrogen-bond donors (Lipinski definition) is 1. The van der Waals surface area contributed by atoms with Crippen LogP contribution in [0.1, 0.15) is 32.3 Å². The summed E-state index contributed by atoms with van der Waals surface area (Å²) >= 11 is 6.09. The molecular formula is C26H33ClF3N5O3. The fourth-order valence-corrected chi connectivity index (χ4v) is 5.04. The molecule has 2 fully saturated rings. The summed E-state index contributed by atoms with van der Waals surface area (Å²) in [5, 5.41) is 14.7. The molecule has 0 spiro atoms. The molecule has 1 N–H and O–H groups in total. The van der Waals surface area contributed by atoms with E-state index in [-0.39, 0.29) is 19.4 Å².